The smallest absolute Gasteiger partial charge is 0.264 e. The molecular formula is C35H34N4O4S. The van der Waals surface area contributed by atoms with E-state index in [1.807, 2.05) is 90.4 Å². The largest absolute Gasteiger partial charge is 0.327 e. The van der Waals surface area contributed by atoms with Crippen LogP contribution in [0.1, 0.15) is 52.9 Å². The van der Waals surface area contributed by atoms with Gasteiger partial charge < -0.3 is 20.4 Å². The van der Waals surface area contributed by atoms with Crippen molar-refractivity contribution in [1.82, 2.24) is 9.80 Å². The van der Waals surface area contributed by atoms with Gasteiger partial charge in [-0.05, 0) is 78.9 Å². The van der Waals surface area contributed by atoms with Crippen molar-refractivity contribution >= 4 is 58.5 Å². The summed E-state index contributed by atoms with van der Waals surface area (Å²) in [6.07, 6.45) is 13.2. The molecule has 6 rings (SSSR count). The minimum Gasteiger partial charge on any atom is -0.327 e. The van der Waals surface area contributed by atoms with Crippen molar-refractivity contribution in [2.24, 2.45) is 0 Å². The first kappa shape index (κ1) is 29.3. The fourth-order valence-corrected chi connectivity index (χ4v) is 6.57. The monoisotopic (exact) mass is 606 g/mol. The van der Waals surface area contributed by atoms with Gasteiger partial charge >= 0.3 is 0 Å². The number of benzene rings is 2. The van der Waals surface area contributed by atoms with Gasteiger partial charge in [0.1, 0.15) is 12.1 Å². The minimum absolute atomic E-state index is 0.0506. The van der Waals surface area contributed by atoms with E-state index in [2.05, 4.69) is 10.6 Å². The number of nitrogens with zero attached hydrogens (tertiary/aromatic N) is 2. The van der Waals surface area contributed by atoms with Crippen LogP contribution in [0.25, 0.3) is 12.2 Å². The van der Waals surface area contributed by atoms with E-state index >= 15 is 0 Å². The Morgan fingerprint density at radius 1 is 0.727 bits per heavy atom. The maximum atomic E-state index is 13.0. The summed E-state index contributed by atoms with van der Waals surface area (Å²) < 4.78 is 0. The third kappa shape index (κ3) is 6.58. The Bertz CT molecular complexity index is 1620. The van der Waals surface area contributed by atoms with Crippen molar-refractivity contribution in [3.05, 3.63) is 106 Å². The Labute approximate surface area is 260 Å². The molecule has 2 saturated heterocycles. The molecule has 2 aromatic carbocycles. The molecule has 3 aromatic rings. The van der Waals surface area contributed by atoms with Crippen molar-refractivity contribution in [3.63, 3.8) is 0 Å². The van der Waals surface area contributed by atoms with Gasteiger partial charge in [0.15, 0.2) is 0 Å². The summed E-state index contributed by atoms with van der Waals surface area (Å²) in [5, 5.41) is 7.80. The third-order valence-corrected chi connectivity index (χ3v) is 9.09. The Morgan fingerprint density at radius 2 is 1.27 bits per heavy atom. The van der Waals surface area contributed by atoms with Gasteiger partial charge in [-0.3, -0.25) is 19.2 Å². The highest BCUT2D eigenvalue weighted by Crippen LogP contribution is 2.26. The van der Waals surface area contributed by atoms with Crippen LogP contribution in [0, 0.1) is 0 Å². The molecule has 2 fully saturated rings. The van der Waals surface area contributed by atoms with E-state index < -0.39 is 12.1 Å². The SMILES string of the molecule is O=C(Nc1ccc(/C=C/c2ccc(NC(=O)[C@@H]3CCCN3C(=O)c3cccs3)cc2)cc1)[C@@H]1CCCN1C(=O)C1=CC=CC1. The van der Waals surface area contributed by atoms with Crippen molar-refractivity contribution in [2.45, 2.75) is 44.2 Å². The zero-order chi connectivity index (χ0) is 30.5. The van der Waals surface area contributed by atoms with Gasteiger partial charge in [0.2, 0.25) is 11.8 Å². The van der Waals surface area contributed by atoms with Gasteiger partial charge in [-0.25, -0.2) is 0 Å². The maximum absolute atomic E-state index is 13.0. The quantitative estimate of drug-likeness (QED) is 0.309. The van der Waals surface area contributed by atoms with E-state index in [4.69, 9.17) is 0 Å². The summed E-state index contributed by atoms with van der Waals surface area (Å²) in [4.78, 5) is 55.7. The first-order valence-corrected chi connectivity index (χ1v) is 15.9. The summed E-state index contributed by atoms with van der Waals surface area (Å²) in [7, 11) is 0. The molecule has 2 atom stereocenters. The van der Waals surface area contributed by atoms with Gasteiger partial charge in [-0.15, -0.1) is 11.3 Å². The van der Waals surface area contributed by atoms with Crippen LogP contribution in [0.4, 0.5) is 11.4 Å². The van der Waals surface area contributed by atoms with Gasteiger partial charge in [0, 0.05) is 30.0 Å². The molecule has 3 heterocycles. The zero-order valence-electron chi connectivity index (χ0n) is 24.3. The summed E-state index contributed by atoms with van der Waals surface area (Å²) in [5.74, 6) is -0.465. The molecule has 3 aliphatic rings. The Hall–Kier alpha value is -4.76. The molecule has 4 amide bonds. The average molecular weight is 607 g/mol. The normalized spacial score (nSPS) is 19.4. The lowest BCUT2D eigenvalue weighted by Gasteiger charge is -2.24. The van der Waals surface area contributed by atoms with Crippen molar-refractivity contribution in [1.29, 1.82) is 0 Å². The second kappa shape index (κ2) is 13.3. The molecular weight excluding hydrogens is 572 g/mol. The number of allylic oxidation sites excluding steroid dienone is 3. The van der Waals surface area contributed by atoms with Gasteiger partial charge in [0.05, 0.1) is 4.88 Å². The van der Waals surface area contributed by atoms with Crippen LogP contribution in [-0.2, 0) is 14.4 Å². The van der Waals surface area contributed by atoms with E-state index in [0.717, 1.165) is 29.5 Å². The number of likely N-dealkylation sites (tertiary alicyclic amines) is 2. The van der Waals surface area contributed by atoms with Crippen molar-refractivity contribution < 1.29 is 19.2 Å². The van der Waals surface area contributed by atoms with Crippen LogP contribution in [0.3, 0.4) is 0 Å². The summed E-state index contributed by atoms with van der Waals surface area (Å²) in [5.41, 5.74) is 4.04. The number of hydrogen-bond acceptors (Lipinski definition) is 5. The third-order valence-electron chi connectivity index (χ3n) is 8.24. The predicted molar refractivity (Wildman–Crippen MR) is 174 cm³/mol. The molecule has 44 heavy (non-hydrogen) atoms. The molecule has 0 spiro atoms. The fourth-order valence-electron chi connectivity index (χ4n) is 5.90. The number of amides is 4. The molecule has 1 aliphatic carbocycles. The van der Waals surface area contributed by atoms with Gasteiger partial charge in [0.25, 0.3) is 11.8 Å². The summed E-state index contributed by atoms with van der Waals surface area (Å²) in [6.45, 7) is 1.18. The predicted octanol–water partition coefficient (Wildman–Crippen LogP) is 5.98. The average Bonchev–Trinajstić information content (AvgIpc) is 3.88. The van der Waals surface area contributed by atoms with Gasteiger partial charge in [-0.2, -0.15) is 0 Å². The number of thiophene rings is 1. The number of hydrogen-bond donors (Lipinski definition) is 2. The Balaban J connectivity index is 1.01. The van der Waals surface area contributed by atoms with Crippen LogP contribution in [-0.4, -0.2) is 58.6 Å². The first-order chi connectivity index (χ1) is 21.5. The molecule has 224 valence electrons. The summed E-state index contributed by atoms with van der Waals surface area (Å²) in [6, 6.07) is 17.8. The second-order valence-corrected chi connectivity index (χ2v) is 12.1. The highest BCUT2D eigenvalue weighted by atomic mass is 32.1. The van der Waals surface area contributed by atoms with E-state index in [9.17, 15) is 19.2 Å². The van der Waals surface area contributed by atoms with E-state index in [0.29, 0.717) is 48.6 Å². The lowest BCUT2D eigenvalue weighted by molar-refractivity contribution is -0.133. The zero-order valence-corrected chi connectivity index (χ0v) is 25.1. The fraction of sp³-hybridized carbons (Fsp3) is 0.257. The van der Waals surface area contributed by atoms with E-state index in [-0.39, 0.29) is 23.6 Å². The number of carbonyl (C=O) groups excluding carboxylic acids is 4. The van der Waals surface area contributed by atoms with Gasteiger partial charge in [-0.1, -0.05) is 60.7 Å². The standard InChI is InChI=1S/C35H34N4O4S/c40-32(29-8-3-21-38(29)34(42)26-6-1-2-7-26)36-27-17-13-24(14-18-27)11-12-25-15-19-28(20-16-25)37-33(41)30-9-4-22-39(30)35(43)31-10-5-23-44-31/h1-2,5-6,10-20,23,29-30H,3-4,7-9,21-22H2,(H,36,40)(H,37,41)/b12-11+/t29-,30-/m0/s1. The highest BCUT2D eigenvalue weighted by molar-refractivity contribution is 7.12. The second-order valence-electron chi connectivity index (χ2n) is 11.2. The number of carbonyl (C=O) groups is 4. The van der Waals surface area contributed by atoms with E-state index in [1.165, 1.54) is 11.3 Å². The molecule has 0 radical (unpaired) electrons. The highest BCUT2D eigenvalue weighted by Gasteiger charge is 2.36. The molecule has 2 N–H and O–H groups in total. The van der Waals surface area contributed by atoms with Crippen molar-refractivity contribution in [2.75, 3.05) is 23.7 Å². The van der Waals surface area contributed by atoms with E-state index in [1.54, 1.807) is 15.9 Å². The number of rotatable bonds is 8. The molecule has 0 saturated carbocycles. The van der Waals surface area contributed by atoms with Crippen LogP contribution in [0.5, 0.6) is 0 Å². The number of anilines is 2. The molecule has 8 nitrogen and oxygen atoms in total. The van der Waals surface area contributed by atoms with Crippen LogP contribution in [0.15, 0.2) is 89.8 Å². The van der Waals surface area contributed by atoms with Crippen molar-refractivity contribution in [3.8, 4) is 0 Å². The molecule has 0 bridgehead atoms. The Morgan fingerprint density at radius 3 is 1.75 bits per heavy atom. The molecule has 0 unspecified atom stereocenters. The molecule has 2 aliphatic heterocycles. The first-order valence-electron chi connectivity index (χ1n) is 15.0. The minimum atomic E-state index is -0.469. The lowest BCUT2D eigenvalue weighted by Crippen LogP contribution is -2.43. The van der Waals surface area contributed by atoms with Crippen LogP contribution >= 0.6 is 11.3 Å². The maximum Gasteiger partial charge on any atom is 0.264 e. The van der Waals surface area contributed by atoms with Crippen LogP contribution < -0.4 is 10.6 Å². The molecule has 9 heteroatoms. The van der Waals surface area contributed by atoms with Crippen LogP contribution in [0.2, 0.25) is 0 Å². The Kier molecular flexibility index (Phi) is 8.84. The topological polar surface area (TPSA) is 98.8 Å². The molecule has 1 aromatic heterocycles. The summed E-state index contributed by atoms with van der Waals surface area (Å²) >= 11 is 1.39. The lowest BCUT2D eigenvalue weighted by atomic mass is 10.1. The number of nitrogens with one attached hydrogen (secondary N) is 2.